The average Bonchev–Trinajstić information content (AvgIpc) is 2.45. The smallest absolute Gasteiger partial charge is 0.234 e. The molecule has 3 N–H and O–H groups in total. The maximum absolute atomic E-state index is 11.5. The number of carbonyl (C=O) groups is 1. The molecular weight excluding hydrogens is 204 g/mol. The fourth-order valence-corrected chi connectivity index (χ4v) is 2.00. The van der Waals surface area contributed by atoms with E-state index in [1.165, 1.54) is 0 Å². The molecule has 4 heteroatoms. The number of hydrogen-bond acceptors (Lipinski definition) is 3. The van der Waals surface area contributed by atoms with Crippen LogP contribution in [0.25, 0.3) is 0 Å². The van der Waals surface area contributed by atoms with Gasteiger partial charge in [-0.15, -0.1) is 6.58 Å². The molecule has 92 valence electrons. The van der Waals surface area contributed by atoms with Crippen LogP contribution in [0, 0.1) is 0 Å². The highest BCUT2D eigenvalue weighted by molar-refractivity contribution is 5.78. The summed E-state index contributed by atoms with van der Waals surface area (Å²) >= 11 is 0. The van der Waals surface area contributed by atoms with Crippen molar-refractivity contribution in [3.63, 3.8) is 0 Å². The van der Waals surface area contributed by atoms with Gasteiger partial charge < -0.3 is 15.7 Å². The summed E-state index contributed by atoms with van der Waals surface area (Å²) in [7, 11) is 0. The quantitative estimate of drug-likeness (QED) is 0.365. The van der Waals surface area contributed by atoms with Crippen molar-refractivity contribution in [2.24, 2.45) is 0 Å². The lowest BCUT2D eigenvalue weighted by atomic mass is 10.1. The van der Waals surface area contributed by atoms with E-state index in [9.17, 15) is 9.90 Å². The second kappa shape index (κ2) is 7.41. The molecule has 1 saturated carbocycles. The lowest BCUT2D eigenvalue weighted by Gasteiger charge is -2.21. The van der Waals surface area contributed by atoms with E-state index in [2.05, 4.69) is 17.2 Å². The van der Waals surface area contributed by atoms with Gasteiger partial charge in [-0.2, -0.15) is 0 Å². The lowest BCUT2D eigenvalue weighted by molar-refractivity contribution is -0.121. The van der Waals surface area contributed by atoms with Gasteiger partial charge in [0.1, 0.15) is 0 Å². The third kappa shape index (κ3) is 4.77. The van der Waals surface area contributed by atoms with Gasteiger partial charge in [-0.1, -0.05) is 25.3 Å². The van der Waals surface area contributed by atoms with Gasteiger partial charge in [-0.05, 0) is 12.8 Å². The van der Waals surface area contributed by atoms with E-state index in [0.717, 1.165) is 32.1 Å². The molecule has 2 atom stereocenters. The van der Waals surface area contributed by atoms with Gasteiger partial charge in [0, 0.05) is 6.54 Å². The second-order valence-corrected chi connectivity index (χ2v) is 4.30. The molecular formula is C12H22N2O2. The molecule has 0 bridgehead atoms. The van der Waals surface area contributed by atoms with E-state index in [1.54, 1.807) is 6.08 Å². The van der Waals surface area contributed by atoms with Crippen molar-refractivity contribution in [2.45, 2.75) is 44.2 Å². The Kier molecular flexibility index (Phi) is 6.11. The van der Waals surface area contributed by atoms with E-state index >= 15 is 0 Å². The number of amides is 1. The predicted molar refractivity (Wildman–Crippen MR) is 64.1 cm³/mol. The standard InChI is InChI=1S/C12H22N2O2/c1-2-8-13-9-12(16)14-10-6-4-3-5-7-11(10)15/h2,10-11,13,15H,1,3-9H2,(H,14,16). The first-order valence-corrected chi connectivity index (χ1v) is 6.03. The van der Waals surface area contributed by atoms with Crippen LogP contribution in [0.2, 0.25) is 0 Å². The molecule has 4 nitrogen and oxygen atoms in total. The molecule has 1 aliphatic rings. The molecule has 0 radical (unpaired) electrons. The average molecular weight is 226 g/mol. The second-order valence-electron chi connectivity index (χ2n) is 4.30. The molecule has 1 rings (SSSR count). The maximum atomic E-state index is 11.5. The van der Waals surface area contributed by atoms with Crippen molar-refractivity contribution in [3.05, 3.63) is 12.7 Å². The summed E-state index contributed by atoms with van der Waals surface area (Å²) in [6, 6.07) is -0.0690. The van der Waals surface area contributed by atoms with Crippen molar-refractivity contribution in [2.75, 3.05) is 13.1 Å². The van der Waals surface area contributed by atoms with E-state index in [4.69, 9.17) is 0 Å². The molecule has 1 fully saturated rings. The summed E-state index contributed by atoms with van der Waals surface area (Å²) < 4.78 is 0. The molecule has 0 spiro atoms. The van der Waals surface area contributed by atoms with Crippen molar-refractivity contribution < 1.29 is 9.90 Å². The first-order chi connectivity index (χ1) is 7.74. The van der Waals surface area contributed by atoms with E-state index in [0.29, 0.717) is 6.54 Å². The van der Waals surface area contributed by atoms with Gasteiger partial charge in [-0.3, -0.25) is 4.79 Å². The Labute approximate surface area is 97.1 Å². The van der Waals surface area contributed by atoms with Crippen LogP contribution in [0.5, 0.6) is 0 Å². The molecule has 0 aromatic heterocycles. The fourth-order valence-electron chi connectivity index (χ4n) is 2.00. The first kappa shape index (κ1) is 13.2. The lowest BCUT2D eigenvalue weighted by Crippen LogP contribution is -2.46. The zero-order chi connectivity index (χ0) is 11.8. The Morgan fingerprint density at radius 1 is 1.38 bits per heavy atom. The highest BCUT2D eigenvalue weighted by Gasteiger charge is 2.22. The number of aliphatic hydroxyl groups excluding tert-OH is 1. The van der Waals surface area contributed by atoms with Crippen molar-refractivity contribution in [1.29, 1.82) is 0 Å². The first-order valence-electron chi connectivity index (χ1n) is 6.03. The molecule has 0 saturated heterocycles. The van der Waals surface area contributed by atoms with Crippen LogP contribution in [0.1, 0.15) is 32.1 Å². The summed E-state index contributed by atoms with van der Waals surface area (Å²) in [6.45, 7) is 4.48. The SMILES string of the molecule is C=CCNCC(=O)NC1CCCCCC1O. The zero-order valence-corrected chi connectivity index (χ0v) is 9.74. The highest BCUT2D eigenvalue weighted by Crippen LogP contribution is 2.17. The molecule has 1 aliphatic carbocycles. The predicted octanol–water partition coefficient (Wildman–Crippen LogP) is 0.572. The minimum absolute atomic E-state index is 0.0483. The third-order valence-electron chi connectivity index (χ3n) is 2.90. The van der Waals surface area contributed by atoms with Crippen LogP contribution in [-0.4, -0.2) is 36.2 Å². The number of aliphatic hydroxyl groups is 1. The molecule has 1 amide bonds. The van der Waals surface area contributed by atoms with E-state index in [-0.39, 0.29) is 24.6 Å². The van der Waals surface area contributed by atoms with Crippen molar-refractivity contribution >= 4 is 5.91 Å². The van der Waals surface area contributed by atoms with Gasteiger partial charge in [0.05, 0.1) is 18.7 Å². The van der Waals surface area contributed by atoms with Crippen LogP contribution >= 0.6 is 0 Å². The van der Waals surface area contributed by atoms with Gasteiger partial charge in [0.25, 0.3) is 0 Å². The molecule has 2 unspecified atom stereocenters. The topological polar surface area (TPSA) is 61.4 Å². The number of nitrogens with one attached hydrogen (secondary N) is 2. The highest BCUT2D eigenvalue weighted by atomic mass is 16.3. The maximum Gasteiger partial charge on any atom is 0.234 e. The number of rotatable bonds is 5. The normalized spacial score (nSPS) is 25.8. The Morgan fingerprint density at radius 3 is 2.88 bits per heavy atom. The van der Waals surface area contributed by atoms with Crippen molar-refractivity contribution in [1.82, 2.24) is 10.6 Å². The summed E-state index contributed by atoms with van der Waals surface area (Å²) in [4.78, 5) is 11.5. The number of hydrogen-bond donors (Lipinski definition) is 3. The number of carbonyl (C=O) groups excluding carboxylic acids is 1. The summed E-state index contributed by atoms with van der Waals surface area (Å²) in [5, 5.41) is 15.6. The Hall–Kier alpha value is -0.870. The van der Waals surface area contributed by atoms with E-state index in [1.807, 2.05) is 0 Å². The van der Waals surface area contributed by atoms with Gasteiger partial charge in [0.15, 0.2) is 0 Å². The molecule has 16 heavy (non-hydrogen) atoms. The minimum atomic E-state index is -0.383. The molecule has 0 aromatic carbocycles. The molecule has 0 aliphatic heterocycles. The minimum Gasteiger partial charge on any atom is -0.391 e. The van der Waals surface area contributed by atoms with Crippen LogP contribution in [-0.2, 0) is 4.79 Å². The summed E-state index contributed by atoms with van der Waals surface area (Å²) in [5.41, 5.74) is 0. The molecule has 0 aromatic rings. The van der Waals surface area contributed by atoms with Gasteiger partial charge in [0.2, 0.25) is 5.91 Å². The van der Waals surface area contributed by atoms with Crippen molar-refractivity contribution in [3.8, 4) is 0 Å². The Morgan fingerprint density at radius 2 is 2.12 bits per heavy atom. The third-order valence-corrected chi connectivity index (χ3v) is 2.90. The monoisotopic (exact) mass is 226 g/mol. The fraction of sp³-hybridized carbons (Fsp3) is 0.750. The zero-order valence-electron chi connectivity index (χ0n) is 9.74. The Balaban J connectivity index is 2.27. The van der Waals surface area contributed by atoms with Gasteiger partial charge in [-0.25, -0.2) is 0 Å². The van der Waals surface area contributed by atoms with Gasteiger partial charge >= 0.3 is 0 Å². The van der Waals surface area contributed by atoms with Crippen LogP contribution in [0.15, 0.2) is 12.7 Å². The largest absolute Gasteiger partial charge is 0.391 e. The van der Waals surface area contributed by atoms with Crippen LogP contribution in [0.4, 0.5) is 0 Å². The van der Waals surface area contributed by atoms with Crippen LogP contribution < -0.4 is 10.6 Å². The van der Waals surface area contributed by atoms with Crippen LogP contribution in [0.3, 0.4) is 0 Å². The molecule has 0 heterocycles. The summed E-state index contributed by atoms with van der Waals surface area (Å²) in [5.74, 6) is -0.0483. The Bertz CT molecular complexity index is 231. The van der Waals surface area contributed by atoms with E-state index < -0.39 is 0 Å². The summed E-state index contributed by atoms with van der Waals surface area (Å²) in [6.07, 6.45) is 6.31.